The highest BCUT2D eigenvalue weighted by atomic mass is 127. The van der Waals surface area contributed by atoms with Crippen LogP contribution in [0.2, 0.25) is 0 Å². The van der Waals surface area contributed by atoms with Crippen LogP contribution in [0.4, 0.5) is 0 Å². The second-order valence-corrected chi connectivity index (χ2v) is 6.68. The third-order valence-corrected chi connectivity index (χ3v) is 4.46. The zero-order valence-electron chi connectivity index (χ0n) is 16.0. The summed E-state index contributed by atoms with van der Waals surface area (Å²) in [5, 5.41) is 15.0. The number of aliphatic imine (C=N–C) groups is 1. The number of morpholine rings is 1. The molecule has 0 aromatic carbocycles. The molecule has 0 unspecified atom stereocenters. The van der Waals surface area contributed by atoms with Crippen LogP contribution in [-0.4, -0.2) is 70.6 Å². The van der Waals surface area contributed by atoms with Crippen molar-refractivity contribution < 1.29 is 4.74 Å². The van der Waals surface area contributed by atoms with Crippen LogP contribution in [0, 0.1) is 6.92 Å². The Kier molecular flexibility index (Phi) is 9.08. The Morgan fingerprint density at radius 1 is 1.24 bits per heavy atom. The topological polar surface area (TPSA) is 79.6 Å². The monoisotopic (exact) mass is 465 g/mol. The van der Waals surface area contributed by atoms with Crippen LogP contribution in [0.25, 0.3) is 0 Å². The Labute approximate surface area is 167 Å². The summed E-state index contributed by atoms with van der Waals surface area (Å²) < 4.78 is 7.41. The normalized spacial score (nSPS) is 16.4. The third kappa shape index (κ3) is 6.37. The molecule has 0 bridgehead atoms. The number of ether oxygens (including phenoxy) is 1. The van der Waals surface area contributed by atoms with Gasteiger partial charge in [-0.15, -0.1) is 34.2 Å². The largest absolute Gasteiger partial charge is 0.379 e. The number of nitrogens with one attached hydrogen (secondary N) is 2. The van der Waals surface area contributed by atoms with Gasteiger partial charge in [0.25, 0.3) is 0 Å². The zero-order valence-corrected chi connectivity index (χ0v) is 18.3. The van der Waals surface area contributed by atoms with E-state index in [1.54, 1.807) is 0 Å². The maximum atomic E-state index is 5.45. The summed E-state index contributed by atoms with van der Waals surface area (Å²) in [6, 6.07) is 0. The van der Waals surface area contributed by atoms with Crippen molar-refractivity contribution in [2.75, 3.05) is 39.4 Å². The summed E-state index contributed by atoms with van der Waals surface area (Å²) in [6.45, 7) is 14.2. The van der Waals surface area contributed by atoms with Gasteiger partial charge >= 0.3 is 0 Å². The number of aryl methyl sites for hydroxylation is 1. The lowest BCUT2D eigenvalue weighted by atomic mass is 10.0. The van der Waals surface area contributed by atoms with Gasteiger partial charge in [0.1, 0.15) is 12.4 Å². The average Bonchev–Trinajstić information content (AvgIpc) is 2.90. The van der Waals surface area contributed by atoms with E-state index in [1.807, 2.05) is 18.5 Å². The maximum Gasteiger partial charge on any atom is 0.191 e. The lowest BCUT2D eigenvalue weighted by molar-refractivity contribution is -0.00834. The van der Waals surface area contributed by atoms with Crippen LogP contribution in [0.5, 0.6) is 0 Å². The molecule has 9 heteroatoms. The lowest BCUT2D eigenvalue weighted by Crippen LogP contribution is -2.56. The van der Waals surface area contributed by atoms with Crippen molar-refractivity contribution in [2.45, 2.75) is 39.8 Å². The molecule has 8 nitrogen and oxygen atoms in total. The summed E-state index contributed by atoms with van der Waals surface area (Å²) in [7, 11) is 1.96. The van der Waals surface area contributed by atoms with E-state index in [0.717, 1.165) is 57.0 Å². The second-order valence-electron chi connectivity index (χ2n) is 6.68. The Balaban J connectivity index is 0.00000312. The molecule has 2 rings (SSSR count). The molecule has 1 aliphatic heterocycles. The number of hydrogen-bond acceptors (Lipinski definition) is 5. The molecule has 1 saturated heterocycles. The van der Waals surface area contributed by atoms with Crippen molar-refractivity contribution in [3.05, 3.63) is 11.6 Å². The fraction of sp³-hybridized carbons (Fsp3) is 0.812. The highest BCUT2D eigenvalue weighted by Gasteiger charge is 2.28. The standard InChI is InChI=1S/C16H31N7O.HI/c1-6-17-15(18-11-14-21-20-13(2)22(14)5)19-12-16(3,4)23-7-9-24-10-8-23;/h6-12H2,1-5H3,(H2,17,18,19);1H. The molecule has 1 aromatic heterocycles. The molecule has 0 amide bonds. The Bertz CT molecular complexity index is 553. The summed E-state index contributed by atoms with van der Waals surface area (Å²) in [5.74, 6) is 2.56. The first kappa shape index (κ1) is 22.1. The number of guanidine groups is 1. The van der Waals surface area contributed by atoms with Crippen molar-refractivity contribution in [3.8, 4) is 0 Å². The van der Waals surface area contributed by atoms with Crippen molar-refractivity contribution in [1.29, 1.82) is 0 Å². The predicted octanol–water partition coefficient (Wildman–Crippen LogP) is 0.907. The first-order valence-corrected chi connectivity index (χ1v) is 8.64. The molecule has 0 atom stereocenters. The van der Waals surface area contributed by atoms with Gasteiger partial charge in [-0.1, -0.05) is 0 Å². The van der Waals surface area contributed by atoms with Gasteiger partial charge < -0.3 is 19.9 Å². The van der Waals surface area contributed by atoms with E-state index in [9.17, 15) is 0 Å². The van der Waals surface area contributed by atoms with E-state index in [4.69, 9.17) is 4.74 Å². The molecule has 1 aromatic rings. The molecule has 0 saturated carbocycles. The van der Waals surface area contributed by atoms with Gasteiger partial charge in [0.05, 0.1) is 13.2 Å². The average molecular weight is 465 g/mol. The lowest BCUT2D eigenvalue weighted by Gasteiger charge is -2.41. The van der Waals surface area contributed by atoms with Crippen LogP contribution in [-0.2, 0) is 18.3 Å². The fourth-order valence-corrected chi connectivity index (χ4v) is 2.66. The smallest absolute Gasteiger partial charge is 0.191 e. The molecule has 0 radical (unpaired) electrons. The zero-order chi connectivity index (χ0) is 17.6. The molecule has 0 aliphatic carbocycles. The first-order valence-electron chi connectivity index (χ1n) is 8.64. The van der Waals surface area contributed by atoms with Crippen molar-refractivity contribution in [2.24, 2.45) is 12.0 Å². The van der Waals surface area contributed by atoms with Gasteiger partial charge in [0, 0.05) is 38.8 Å². The van der Waals surface area contributed by atoms with Crippen LogP contribution in [0.1, 0.15) is 32.4 Å². The minimum absolute atomic E-state index is 0. The third-order valence-electron chi connectivity index (χ3n) is 4.46. The summed E-state index contributed by atoms with van der Waals surface area (Å²) in [5.41, 5.74) is 0.0430. The van der Waals surface area contributed by atoms with Gasteiger partial charge in [0.15, 0.2) is 11.8 Å². The summed E-state index contributed by atoms with van der Waals surface area (Å²) >= 11 is 0. The minimum Gasteiger partial charge on any atom is -0.379 e. The molecule has 0 spiro atoms. The highest BCUT2D eigenvalue weighted by Crippen LogP contribution is 2.15. The van der Waals surface area contributed by atoms with E-state index >= 15 is 0 Å². The molecule has 25 heavy (non-hydrogen) atoms. The summed E-state index contributed by atoms with van der Waals surface area (Å²) in [4.78, 5) is 7.09. The van der Waals surface area contributed by atoms with Crippen LogP contribution in [0.3, 0.4) is 0 Å². The second kappa shape index (κ2) is 10.3. The number of halogens is 1. The van der Waals surface area contributed by atoms with Crippen LogP contribution in [0.15, 0.2) is 4.99 Å². The highest BCUT2D eigenvalue weighted by molar-refractivity contribution is 14.0. The molecule has 144 valence electrons. The van der Waals surface area contributed by atoms with Gasteiger partial charge in [0.2, 0.25) is 0 Å². The number of nitrogens with zero attached hydrogens (tertiary/aromatic N) is 5. The number of rotatable bonds is 6. The van der Waals surface area contributed by atoms with Crippen LogP contribution < -0.4 is 10.6 Å². The Morgan fingerprint density at radius 3 is 2.48 bits per heavy atom. The Morgan fingerprint density at radius 2 is 1.92 bits per heavy atom. The van der Waals surface area contributed by atoms with E-state index in [0.29, 0.717) is 6.54 Å². The molecular weight excluding hydrogens is 433 g/mol. The molecule has 1 fully saturated rings. The molecular formula is C16H32IN7O. The van der Waals surface area contributed by atoms with Crippen molar-refractivity contribution in [1.82, 2.24) is 30.3 Å². The Hall–Kier alpha value is -0.940. The van der Waals surface area contributed by atoms with E-state index < -0.39 is 0 Å². The molecule has 2 N–H and O–H groups in total. The fourth-order valence-electron chi connectivity index (χ4n) is 2.66. The number of aromatic nitrogens is 3. The van der Waals surface area contributed by atoms with E-state index in [2.05, 4.69) is 51.5 Å². The van der Waals surface area contributed by atoms with Gasteiger partial charge in [-0.2, -0.15) is 0 Å². The van der Waals surface area contributed by atoms with E-state index in [1.165, 1.54) is 0 Å². The quantitative estimate of drug-likeness (QED) is 0.370. The van der Waals surface area contributed by atoms with Gasteiger partial charge in [-0.25, -0.2) is 4.99 Å². The van der Waals surface area contributed by atoms with Gasteiger partial charge in [-0.3, -0.25) is 4.90 Å². The van der Waals surface area contributed by atoms with Crippen molar-refractivity contribution >= 4 is 29.9 Å². The summed E-state index contributed by atoms with van der Waals surface area (Å²) in [6.07, 6.45) is 0. The molecule has 2 heterocycles. The van der Waals surface area contributed by atoms with Gasteiger partial charge in [-0.05, 0) is 27.7 Å². The SMILES string of the molecule is CCNC(=NCc1nnc(C)n1C)NCC(C)(C)N1CCOCC1.I. The first-order chi connectivity index (χ1) is 11.4. The van der Waals surface area contributed by atoms with Crippen molar-refractivity contribution in [3.63, 3.8) is 0 Å². The van der Waals surface area contributed by atoms with E-state index in [-0.39, 0.29) is 29.5 Å². The molecule has 1 aliphatic rings. The predicted molar refractivity (Wildman–Crippen MR) is 110 cm³/mol. The minimum atomic E-state index is 0. The maximum absolute atomic E-state index is 5.45. The number of hydrogen-bond donors (Lipinski definition) is 2. The van der Waals surface area contributed by atoms with Crippen LogP contribution >= 0.6 is 24.0 Å².